The first kappa shape index (κ1) is 42.8. The Morgan fingerprint density at radius 2 is 1.20 bits per heavy atom. The molecule has 59 heavy (non-hydrogen) atoms. The van der Waals surface area contributed by atoms with Crippen LogP contribution >= 0.6 is 0 Å². The molecule has 310 valence electrons. The lowest BCUT2D eigenvalue weighted by Crippen LogP contribution is -2.32. The van der Waals surface area contributed by atoms with E-state index in [4.69, 9.17) is 30.8 Å². The second-order valence-corrected chi connectivity index (χ2v) is 24.8. The first-order valence-electron chi connectivity index (χ1n) is 18.7. The van der Waals surface area contributed by atoms with Gasteiger partial charge in [0.05, 0.1) is 55.5 Å². The first-order chi connectivity index (χ1) is 28.0. The van der Waals surface area contributed by atoms with Crippen molar-refractivity contribution in [1.82, 2.24) is 24.5 Å². The van der Waals surface area contributed by atoms with Crippen molar-refractivity contribution in [3.8, 4) is 39.8 Å². The monoisotopic (exact) mass is 855 g/mol. The van der Waals surface area contributed by atoms with Gasteiger partial charge in [0.1, 0.15) is 22.1 Å². The summed E-state index contributed by atoms with van der Waals surface area (Å²) in [6.45, 7) is 6.10. The normalized spacial score (nSPS) is 12.1. The molecule has 0 aliphatic carbocycles. The Balaban J connectivity index is 1.64. The molecule has 6 aromatic rings. The maximum atomic E-state index is 15.8. The molecule has 1 heterocycles. The molecule has 17 heteroatoms. The molecule has 0 aliphatic rings. The Bertz CT molecular complexity index is 2580. The molecule has 0 fully saturated rings. The summed E-state index contributed by atoms with van der Waals surface area (Å²) in [4.78, 5) is 0.454. The zero-order valence-electron chi connectivity index (χ0n) is 33.9. The standard InChI is InChI=1S/C42H49N7O7S2Si/c1-54-32-16-10-29(11-17-32)26-48(27-30-12-18-33(55-2)19-13-30)58(52,53)41-38(57(50,51)24-25-59(4,5)6)23-22-35(36-8-7-9-37(43)40(36)44)39(41)42-45-47-49(46-42)28-31-14-20-34(56-3)21-15-31/h7-23H,24-28,43-44H2,1-6H3. The lowest BCUT2D eigenvalue weighted by Gasteiger charge is -2.27. The van der Waals surface area contributed by atoms with Crippen molar-refractivity contribution >= 4 is 39.3 Å². The number of benzene rings is 5. The third kappa shape index (κ3) is 9.93. The highest BCUT2D eigenvalue weighted by atomic mass is 32.2. The number of methoxy groups -OCH3 is 3. The largest absolute Gasteiger partial charge is 0.497 e. The number of sulfonamides is 1. The van der Waals surface area contributed by atoms with Crippen LogP contribution in [0.4, 0.5) is 11.4 Å². The molecule has 0 atom stereocenters. The molecule has 0 bridgehead atoms. The van der Waals surface area contributed by atoms with E-state index >= 15 is 8.42 Å². The van der Waals surface area contributed by atoms with Crippen molar-refractivity contribution in [3.63, 3.8) is 0 Å². The van der Waals surface area contributed by atoms with Crippen LogP contribution in [-0.2, 0) is 39.5 Å². The van der Waals surface area contributed by atoms with Crippen LogP contribution in [0.1, 0.15) is 16.7 Å². The van der Waals surface area contributed by atoms with Gasteiger partial charge in [0.2, 0.25) is 15.8 Å². The number of anilines is 2. The van der Waals surface area contributed by atoms with Gasteiger partial charge in [-0.3, -0.25) is 0 Å². The summed E-state index contributed by atoms with van der Waals surface area (Å²) in [5, 5.41) is 13.4. The number of nitrogens with zero attached hydrogens (tertiary/aromatic N) is 5. The molecular weight excluding hydrogens is 807 g/mol. The number of sulfone groups is 1. The summed E-state index contributed by atoms with van der Waals surface area (Å²) in [6, 6.07) is 29.6. The Morgan fingerprint density at radius 3 is 1.71 bits per heavy atom. The van der Waals surface area contributed by atoms with E-state index in [1.165, 1.54) is 15.2 Å². The van der Waals surface area contributed by atoms with Gasteiger partial charge >= 0.3 is 0 Å². The quantitative estimate of drug-likeness (QED) is 0.0725. The Hall–Kier alpha value is -5.75. The number of hydrogen-bond acceptors (Lipinski definition) is 12. The van der Waals surface area contributed by atoms with Gasteiger partial charge < -0.3 is 25.7 Å². The molecular formula is C42H49N7O7S2Si. The van der Waals surface area contributed by atoms with Gasteiger partial charge in [0.15, 0.2) is 9.84 Å². The lowest BCUT2D eigenvalue weighted by molar-refractivity contribution is 0.396. The molecule has 0 radical (unpaired) electrons. The van der Waals surface area contributed by atoms with Crippen LogP contribution in [-0.4, -0.2) is 76.5 Å². The van der Waals surface area contributed by atoms with E-state index in [9.17, 15) is 8.42 Å². The fraction of sp³-hybridized carbons (Fsp3) is 0.262. The number of tetrazole rings is 1. The number of nitrogen functional groups attached to an aromatic ring is 2. The minimum absolute atomic E-state index is 0.0770. The van der Waals surface area contributed by atoms with Gasteiger partial charge in [-0.05, 0) is 82.0 Å². The predicted octanol–water partition coefficient (Wildman–Crippen LogP) is 6.75. The maximum Gasteiger partial charge on any atom is 0.245 e. The molecule has 4 N–H and O–H groups in total. The molecule has 0 unspecified atom stereocenters. The fourth-order valence-corrected chi connectivity index (χ4v) is 13.2. The lowest BCUT2D eigenvalue weighted by atomic mass is 9.97. The third-order valence-electron chi connectivity index (χ3n) is 9.80. The number of hydrogen-bond donors (Lipinski definition) is 2. The molecule has 0 amide bonds. The summed E-state index contributed by atoms with van der Waals surface area (Å²) in [5.74, 6) is 1.46. The summed E-state index contributed by atoms with van der Waals surface area (Å²) in [7, 11) is -6.31. The molecule has 0 saturated carbocycles. The third-order valence-corrected chi connectivity index (χ3v) is 15.7. The summed E-state index contributed by atoms with van der Waals surface area (Å²) in [6.07, 6.45) is 0. The number of nitrogens with two attached hydrogens (primary N) is 2. The SMILES string of the molecule is COc1ccc(CN(Cc2ccc(OC)cc2)S(=O)(=O)c2c(S(=O)(=O)CC[Si](C)(C)C)ccc(-c3cccc(N)c3N)c2-c2nnn(Cc3ccc(OC)cc3)n2)cc1. The summed E-state index contributed by atoms with van der Waals surface area (Å²) in [5.41, 5.74) is 15.9. The molecule has 0 saturated heterocycles. The van der Waals surface area contributed by atoms with E-state index in [-0.39, 0.29) is 58.6 Å². The highest BCUT2D eigenvalue weighted by Gasteiger charge is 2.38. The van der Waals surface area contributed by atoms with Crippen molar-refractivity contribution < 1.29 is 31.0 Å². The van der Waals surface area contributed by atoms with Crippen LogP contribution in [0.3, 0.4) is 0 Å². The molecule has 0 spiro atoms. The fourth-order valence-electron chi connectivity index (χ4n) is 6.41. The molecule has 1 aromatic heterocycles. The van der Waals surface area contributed by atoms with Crippen molar-refractivity contribution in [2.45, 2.75) is 55.1 Å². The maximum absolute atomic E-state index is 15.8. The van der Waals surface area contributed by atoms with E-state index < -0.39 is 32.8 Å². The van der Waals surface area contributed by atoms with Crippen LogP contribution in [0.5, 0.6) is 17.2 Å². The number of rotatable bonds is 17. The molecule has 6 rings (SSSR count). The van der Waals surface area contributed by atoms with Gasteiger partial charge in [-0.25, -0.2) is 16.8 Å². The van der Waals surface area contributed by atoms with Crippen LogP contribution in [0, 0.1) is 0 Å². The summed E-state index contributed by atoms with van der Waals surface area (Å²) >= 11 is 0. The van der Waals surface area contributed by atoms with Gasteiger partial charge in [-0.1, -0.05) is 74.2 Å². The van der Waals surface area contributed by atoms with Crippen molar-refractivity contribution in [2.75, 3.05) is 38.5 Å². The molecule has 5 aromatic carbocycles. The van der Waals surface area contributed by atoms with Crippen LogP contribution < -0.4 is 25.7 Å². The van der Waals surface area contributed by atoms with E-state index in [0.717, 1.165) is 5.56 Å². The first-order valence-corrected chi connectivity index (χ1v) is 25.5. The highest BCUT2D eigenvalue weighted by molar-refractivity contribution is 7.93. The van der Waals surface area contributed by atoms with Gasteiger partial charge in [-0.15, -0.1) is 10.2 Å². The topological polar surface area (TPSA) is 195 Å². The zero-order valence-corrected chi connectivity index (χ0v) is 36.5. The van der Waals surface area contributed by atoms with Crippen LogP contribution in [0.2, 0.25) is 25.7 Å². The highest BCUT2D eigenvalue weighted by Crippen LogP contribution is 2.44. The Labute approximate surface area is 346 Å². The van der Waals surface area contributed by atoms with Crippen molar-refractivity contribution in [1.29, 1.82) is 0 Å². The second-order valence-electron chi connectivity index (χ2n) is 15.2. The number of aromatic nitrogens is 4. The van der Waals surface area contributed by atoms with Gasteiger partial charge in [-0.2, -0.15) is 9.10 Å². The van der Waals surface area contributed by atoms with Crippen LogP contribution in [0.15, 0.2) is 113 Å². The summed E-state index contributed by atoms with van der Waals surface area (Å²) < 4.78 is 78.2. The van der Waals surface area contributed by atoms with Gasteiger partial charge in [0, 0.05) is 26.7 Å². The Morgan fingerprint density at radius 1 is 0.678 bits per heavy atom. The van der Waals surface area contributed by atoms with Gasteiger partial charge in [0.25, 0.3) is 0 Å². The van der Waals surface area contributed by atoms with E-state index in [1.54, 1.807) is 106 Å². The van der Waals surface area contributed by atoms with Crippen molar-refractivity contribution in [3.05, 3.63) is 120 Å². The molecule has 14 nitrogen and oxygen atoms in total. The van der Waals surface area contributed by atoms with E-state index in [1.807, 2.05) is 12.1 Å². The molecule has 0 aliphatic heterocycles. The Kier molecular flexibility index (Phi) is 12.8. The minimum atomic E-state index is -4.79. The van der Waals surface area contributed by atoms with Crippen LogP contribution in [0.25, 0.3) is 22.5 Å². The number of para-hydroxylation sites is 1. The van der Waals surface area contributed by atoms with Crippen molar-refractivity contribution in [2.24, 2.45) is 0 Å². The number of ether oxygens (including phenoxy) is 3. The average Bonchev–Trinajstić information content (AvgIpc) is 3.69. The second kappa shape index (κ2) is 17.6. The smallest absolute Gasteiger partial charge is 0.245 e. The van der Waals surface area contributed by atoms with E-state index in [2.05, 4.69) is 30.0 Å². The van der Waals surface area contributed by atoms with E-state index in [0.29, 0.717) is 40.0 Å². The minimum Gasteiger partial charge on any atom is -0.497 e. The zero-order chi connectivity index (χ0) is 42.5. The predicted molar refractivity (Wildman–Crippen MR) is 232 cm³/mol. The average molecular weight is 856 g/mol.